The molecule has 0 aliphatic rings. The number of anilines is 1. The van der Waals surface area contributed by atoms with Gasteiger partial charge in [-0.1, -0.05) is 29.8 Å². The van der Waals surface area contributed by atoms with Crippen molar-refractivity contribution in [2.45, 2.75) is 20.0 Å². The second-order valence-corrected chi connectivity index (χ2v) is 4.54. The van der Waals surface area contributed by atoms with Gasteiger partial charge in [-0.2, -0.15) is 0 Å². The van der Waals surface area contributed by atoms with E-state index in [4.69, 9.17) is 5.73 Å². The Kier molecular flexibility index (Phi) is 3.79. The lowest BCUT2D eigenvalue weighted by Gasteiger charge is -2.17. The number of hydrogen-bond donors (Lipinski definition) is 1. The number of rotatable bonds is 4. The molecule has 100 valence electrons. The molecule has 0 unspecified atom stereocenters. The summed E-state index contributed by atoms with van der Waals surface area (Å²) < 4.78 is 1.43. The van der Waals surface area contributed by atoms with Gasteiger partial charge in [0.15, 0.2) is 0 Å². The van der Waals surface area contributed by atoms with E-state index in [0.717, 1.165) is 5.56 Å². The molecular weight excluding hydrogens is 242 g/mol. The Morgan fingerprint density at radius 1 is 1.37 bits per heavy atom. The SMILES string of the molecule is Cc1ccc(CN(C)C(=O)Cn2cnc(N)n2)cc1. The molecule has 1 aromatic carbocycles. The van der Waals surface area contributed by atoms with Crippen LogP contribution in [0.5, 0.6) is 0 Å². The van der Waals surface area contributed by atoms with Gasteiger partial charge in [-0.25, -0.2) is 9.67 Å². The van der Waals surface area contributed by atoms with Crippen LogP contribution in [0, 0.1) is 6.92 Å². The quantitative estimate of drug-likeness (QED) is 0.882. The second kappa shape index (κ2) is 5.51. The average molecular weight is 259 g/mol. The highest BCUT2D eigenvalue weighted by Gasteiger charge is 2.10. The van der Waals surface area contributed by atoms with E-state index in [1.165, 1.54) is 16.6 Å². The third-order valence-electron chi connectivity index (χ3n) is 2.82. The van der Waals surface area contributed by atoms with Crippen LogP contribution in [-0.2, 0) is 17.9 Å². The van der Waals surface area contributed by atoms with Crippen molar-refractivity contribution in [2.75, 3.05) is 12.8 Å². The summed E-state index contributed by atoms with van der Waals surface area (Å²) in [7, 11) is 1.77. The number of nitrogen functional groups attached to an aromatic ring is 1. The minimum absolute atomic E-state index is 0.0366. The zero-order valence-electron chi connectivity index (χ0n) is 11.1. The number of nitrogens with two attached hydrogens (primary N) is 1. The number of aromatic nitrogens is 3. The molecule has 0 aliphatic heterocycles. The number of aryl methyl sites for hydroxylation is 1. The molecule has 6 heteroatoms. The fourth-order valence-electron chi connectivity index (χ4n) is 1.70. The van der Waals surface area contributed by atoms with E-state index >= 15 is 0 Å². The molecule has 0 atom stereocenters. The van der Waals surface area contributed by atoms with Crippen LogP contribution in [0.25, 0.3) is 0 Å². The normalized spacial score (nSPS) is 10.4. The van der Waals surface area contributed by atoms with Crippen LogP contribution in [0.3, 0.4) is 0 Å². The van der Waals surface area contributed by atoms with Crippen molar-refractivity contribution in [1.82, 2.24) is 19.7 Å². The van der Waals surface area contributed by atoms with Gasteiger partial charge in [0.2, 0.25) is 11.9 Å². The predicted octanol–water partition coefficient (Wildman–Crippen LogP) is 0.827. The van der Waals surface area contributed by atoms with Crippen LogP contribution in [0.2, 0.25) is 0 Å². The Balaban J connectivity index is 1.94. The fraction of sp³-hybridized carbons (Fsp3) is 0.308. The first kappa shape index (κ1) is 13.1. The van der Waals surface area contributed by atoms with Gasteiger partial charge in [0, 0.05) is 13.6 Å². The molecule has 2 aromatic rings. The summed E-state index contributed by atoms with van der Waals surface area (Å²) in [6, 6.07) is 8.11. The van der Waals surface area contributed by atoms with Crippen molar-refractivity contribution in [3.8, 4) is 0 Å². The highest BCUT2D eigenvalue weighted by Crippen LogP contribution is 2.06. The van der Waals surface area contributed by atoms with Gasteiger partial charge in [0.25, 0.3) is 0 Å². The van der Waals surface area contributed by atoms with Crippen LogP contribution >= 0.6 is 0 Å². The van der Waals surface area contributed by atoms with Crippen molar-refractivity contribution in [3.63, 3.8) is 0 Å². The molecule has 0 bridgehead atoms. The summed E-state index contributed by atoms with van der Waals surface area (Å²) in [5.41, 5.74) is 7.70. The second-order valence-electron chi connectivity index (χ2n) is 4.54. The standard InChI is InChI=1S/C13H17N5O/c1-10-3-5-11(6-4-10)7-17(2)12(19)8-18-9-15-13(14)16-18/h3-6,9H,7-8H2,1-2H3,(H2,14,16). The van der Waals surface area contributed by atoms with Crippen molar-refractivity contribution < 1.29 is 4.79 Å². The van der Waals surface area contributed by atoms with Gasteiger partial charge in [0.05, 0.1) is 0 Å². The smallest absolute Gasteiger partial charge is 0.244 e. The largest absolute Gasteiger partial charge is 0.367 e. The summed E-state index contributed by atoms with van der Waals surface area (Å²) in [5, 5.41) is 3.89. The molecule has 0 saturated heterocycles. The number of hydrogen-bond acceptors (Lipinski definition) is 4. The zero-order valence-corrected chi connectivity index (χ0v) is 11.1. The highest BCUT2D eigenvalue weighted by atomic mass is 16.2. The van der Waals surface area contributed by atoms with E-state index in [1.54, 1.807) is 11.9 Å². The Morgan fingerprint density at radius 3 is 2.63 bits per heavy atom. The predicted molar refractivity (Wildman–Crippen MR) is 72.1 cm³/mol. The maximum atomic E-state index is 12.0. The third kappa shape index (κ3) is 3.54. The zero-order chi connectivity index (χ0) is 13.8. The minimum Gasteiger partial charge on any atom is -0.367 e. The van der Waals surface area contributed by atoms with E-state index in [9.17, 15) is 4.79 Å². The van der Waals surface area contributed by atoms with E-state index < -0.39 is 0 Å². The summed E-state index contributed by atoms with van der Waals surface area (Å²) in [6.07, 6.45) is 1.45. The number of carbonyl (C=O) groups is 1. The highest BCUT2D eigenvalue weighted by molar-refractivity contribution is 5.75. The first-order valence-corrected chi connectivity index (χ1v) is 5.99. The number of nitrogens with zero attached hydrogens (tertiary/aromatic N) is 4. The first-order chi connectivity index (χ1) is 9.04. The Morgan fingerprint density at radius 2 is 2.05 bits per heavy atom. The first-order valence-electron chi connectivity index (χ1n) is 5.99. The Labute approximate surface area is 111 Å². The van der Waals surface area contributed by atoms with Gasteiger partial charge in [-0.15, -0.1) is 5.10 Å². The lowest BCUT2D eigenvalue weighted by Crippen LogP contribution is -2.30. The Hall–Kier alpha value is -2.37. The van der Waals surface area contributed by atoms with Gasteiger partial charge in [-0.3, -0.25) is 4.79 Å². The van der Waals surface area contributed by atoms with Crippen molar-refractivity contribution in [1.29, 1.82) is 0 Å². The van der Waals surface area contributed by atoms with Crippen LogP contribution in [-0.4, -0.2) is 32.6 Å². The maximum absolute atomic E-state index is 12.0. The molecular formula is C13H17N5O. The molecule has 0 fully saturated rings. The number of carbonyl (C=O) groups excluding carboxylic acids is 1. The lowest BCUT2D eigenvalue weighted by atomic mass is 10.1. The van der Waals surface area contributed by atoms with Gasteiger partial charge >= 0.3 is 0 Å². The molecule has 19 heavy (non-hydrogen) atoms. The van der Waals surface area contributed by atoms with Crippen LogP contribution < -0.4 is 5.73 Å². The monoisotopic (exact) mass is 259 g/mol. The molecule has 2 N–H and O–H groups in total. The van der Waals surface area contributed by atoms with Crippen molar-refractivity contribution >= 4 is 11.9 Å². The van der Waals surface area contributed by atoms with Gasteiger partial charge in [0.1, 0.15) is 12.9 Å². The van der Waals surface area contributed by atoms with E-state index in [1.807, 2.05) is 31.2 Å². The molecule has 0 aliphatic carbocycles. The molecule has 1 aromatic heterocycles. The average Bonchev–Trinajstić information content (AvgIpc) is 2.77. The molecule has 0 spiro atoms. The van der Waals surface area contributed by atoms with E-state index in [-0.39, 0.29) is 18.4 Å². The maximum Gasteiger partial charge on any atom is 0.244 e. The molecule has 1 amide bonds. The molecule has 2 rings (SSSR count). The summed E-state index contributed by atoms with van der Waals surface area (Å²) in [4.78, 5) is 17.4. The molecule has 0 saturated carbocycles. The number of amides is 1. The number of likely N-dealkylation sites (N-methyl/N-ethyl adjacent to an activating group) is 1. The van der Waals surface area contributed by atoms with E-state index in [2.05, 4.69) is 10.1 Å². The lowest BCUT2D eigenvalue weighted by molar-refractivity contribution is -0.131. The van der Waals surface area contributed by atoms with Crippen LogP contribution in [0.4, 0.5) is 5.95 Å². The van der Waals surface area contributed by atoms with Crippen molar-refractivity contribution in [2.24, 2.45) is 0 Å². The summed E-state index contributed by atoms with van der Waals surface area (Å²) in [6.45, 7) is 2.75. The molecule has 1 heterocycles. The molecule has 0 radical (unpaired) electrons. The van der Waals surface area contributed by atoms with Gasteiger partial charge < -0.3 is 10.6 Å². The summed E-state index contributed by atoms with van der Waals surface area (Å²) in [5.74, 6) is 0.138. The molecule has 6 nitrogen and oxygen atoms in total. The van der Waals surface area contributed by atoms with Crippen LogP contribution in [0.1, 0.15) is 11.1 Å². The third-order valence-corrected chi connectivity index (χ3v) is 2.82. The Bertz CT molecular complexity index is 561. The number of benzene rings is 1. The fourth-order valence-corrected chi connectivity index (χ4v) is 1.70. The summed E-state index contributed by atoms with van der Waals surface area (Å²) >= 11 is 0. The minimum atomic E-state index is -0.0366. The topological polar surface area (TPSA) is 77.0 Å². The van der Waals surface area contributed by atoms with Crippen LogP contribution in [0.15, 0.2) is 30.6 Å². The van der Waals surface area contributed by atoms with E-state index in [0.29, 0.717) is 6.54 Å². The van der Waals surface area contributed by atoms with Gasteiger partial charge in [-0.05, 0) is 12.5 Å². The van der Waals surface area contributed by atoms with Crippen molar-refractivity contribution in [3.05, 3.63) is 41.7 Å².